The molecular weight excluding hydrogens is 427 g/mol. The highest BCUT2D eigenvalue weighted by atomic mass is 32.1. The van der Waals surface area contributed by atoms with Gasteiger partial charge >= 0.3 is 0 Å². The van der Waals surface area contributed by atoms with Gasteiger partial charge in [-0.1, -0.05) is 30.3 Å². The molecule has 0 aliphatic carbocycles. The Morgan fingerprint density at radius 2 is 1.81 bits per heavy atom. The Kier molecular flexibility index (Phi) is 6.77. The highest BCUT2D eigenvalue weighted by molar-refractivity contribution is 7.12. The van der Waals surface area contributed by atoms with Crippen LogP contribution < -0.4 is 10.2 Å². The van der Waals surface area contributed by atoms with Gasteiger partial charge in [0.05, 0.1) is 30.7 Å². The Hall–Kier alpha value is -3.71. The normalized spacial score (nSPS) is 10.7. The van der Waals surface area contributed by atoms with Gasteiger partial charge in [0.2, 0.25) is 5.91 Å². The third-order valence-electron chi connectivity index (χ3n) is 4.86. The molecule has 0 unspecified atom stereocenters. The number of anilines is 1. The van der Waals surface area contributed by atoms with Gasteiger partial charge in [-0.2, -0.15) is 0 Å². The van der Waals surface area contributed by atoms with E-state index in [0.717, 1.165) is 11.1 Å². The predicted molar refractivity (Wildman–Crippen MR) is 122 cm³/mol. The molecule has 5 nitrogen and oxygen atoms in total. The molecule has 2 amide bonds. The molecule has 1 N–H and O–H groups in total. The van der Waals surface area contributed by atoms with Gasteiger partial charge < -0.3 is 14.6 Å². The molecule has 0 aliphatic rings. The van der Waals surface area contributed by atoms with Crippen molar-refractivity contribution >= 4 is 28.8 Å². The van der Waals surface area contributed by atoms with Crippen LogP contribution in [0.4, 0.5) is 10.1 Å². The maximum Gasteiger partial charge on any atom is 0.268 e. The SMILES string of the molecule is O=C(Cc1cccc(N(Cc2ccc(F)cc2)C(=O)c2cccs2)c1)NCc1ccco1. The fourth-order valence-corrected chi connectivity index (χ4v) is 3.94. The van der Waals surface area contributed by atoms with Crippen LogP contribution in [0.3, 0.4) is 0 Å². The van der Waals surface area contributed by atoms with E-state index in [1.807, 2.05) is 35.7 Å². The summed E-state index contributed by atoms with van der Waals surface area (Å²) in [6, 6.07) is 20.6. The van der Waals surface area contributed by atoms with Crippen molar-refractivity contribution in [3.8, 4) is 0 Å². The second kappa shape index (κ2) is 10.1. The van der Waals surface area contributed by atoms with Crippen LogP contribution in [-0.2, 0) is 24.3 Å². The van der Waals surface area contributed by atoms with Crippen molar-refractivity contribution in [3.63, 3.8) is 0 Å². The monoisotopic (exact) mass is 448 g/mol. The second-order valence-electron chi connectivity index (χ2n) is 7.20. The molecule has 0 spiro atoms. The number of nitrogens with one attached hydrogen (secondary N) is 1. The molecule has 2 aromatic heterocycles. The number of amides is 2. The van der Waals surface area contributed by atoms with Crippen LogP contribution in [-0.4, -0.2) is 11.8 Å². The molecule has 0 atom stereocenters. The Labute approximate surface area is 189 Å². The smallest absolute Gasteiger partial charge is 0.268 e. The minimum absolute atomic E-state index is 0.145. The number of hydrogen-bond acceptors (Lipinski definition) is 4. The number of benzene rings is 2. The van der Waals surface area contributed by atoms with Crippen LogP contribution in [0.1, 0.15) is 26.6 Å². The molecule has 0 radical (unpaired) electrons. The van der Waals surface area contributed by atoms with E-state index in [9.17, 15) is 14.0 Å². The van der Waals surface area contributed by atoms with Crippen molar-refractivity contribution < 1.29 is 18.4 Å². The molecule has 32 heavy (non-hydrogen) atoms. The number of furan rings is 1. The molecular formula is C25H21FN2O3S. The van der Waals surface area contributed by atoms with Crippen molar-refractivity contribution in [1.82, 2.24) is 5.32 Å². The summed E-state index contributed by atoms with van der Waals surface area (Å²) in [6.07, 6.45) is 1.73. The number of nitrogens with zero attached hydrogens (tertiary/aromatic N) is 1. The standard InChI is InChI=1S/C25H21FN2O3S/c26-20-10-8-18(9-11-20)17-28(25(30)23-7-3-13-32-23)21-5-1-4-19(14-21)15-24(29)27-16-22-6-2-12-31-22/h1-14H,15-17H2,(H,27,29). The first-order valence-electron chi connectivity index (χ1n) is 10.1. The van der Waals surface area contributed by atoms with Crippen LogP contribution in [0, 0.1) is 5.82 Å². The molecule has 0 bridgehead atoms. The third kappa shape index (κ3) is 5.50. The first-order valence-corrected chi connectivity index (χ1v) is 10.9. The predicted octanol–water partition coefficient (Wildman–Crippen LogP) is 5.19. The molecule has 0 saturated heterocycles. The van der Waals surface area contributed by atoms with Gasteiger partial charge in [0.1, 0.15) is 11.6 Å². The van der Waals surface area contributed by atoms with Crippen molar-refractivity contribution in [2.45, 2.75) is 19.5 Å². The lowest BCUT2D eigenvalue weighted by Gasteiger charge is -2.23. The second-order valence-corrected chi connectivity index (χ2v) is 8.15. The first-order chi connectivity index (χ1) is 15.6. The number of carbonyl (C=O) groups excluding carboxylic acids is 2. The van der Waals surface area contributed by atoms with Gasteiger partial charge in [-0.05, 0) is 59.0 Å². The molecule has 0 fully saturated rings. The summed E-state index contributed by atoms with van der Waals surface area (Å²) in [7, 11) is 0. The molecule has 0 aliphatic heterocycles. The number of thiophene rings is 1. The Morgan fingerprint density at radius 3 is 2.53 bits per heavy atom. The zero-order valence-electron chi connectivity index (χ0n) is 17.2. The van der Waals surface area contributed by atoms with E-state index in [-0.39, 0.29) is 30.6 Å². The number of carbonyl (C=O) groups is 2. The van der Waals surface area contributed by atoms with Crippen molar-refractivity contribution in [1.29, 1.82) is 0 Å². The first kappa shape index (κ1) is 21.5. The van der Waals surface area contributed by atoms with E-state index in [1.54, 1.807) is 41.5 Å². The van der Waals surface area contributed by atoms with E-state index >= 15 is 0 Å². The topological polar surface area (TPSA) is 62.6 Å². The Bertz CT molecular complexity index is 1170. The lowest BCUT2D eigenvalue weighted by molar-refractivity contribution is -0.120. The average Bonchev–Trinajstić information content (AvgIpc) is 3.51. The van der Waals surface area contributed by atoms with Crippen molar-refractivity contribution in [3.05, 3.63) is 112 Å². The van der Waals surface area contributed by atoms with Gasteiger partial charge in [0, 0.05) is 5.69 Å². The number of halogens is 1. The Balaban J connectivity index is 1.53. The van der Waals surface area contributed by atoms with Crippen molar-refractivity contribution in [2.24, 2.45) is 0 Å². The van der Waals surface area contributed by atoms with Crippen molar-refractivity contribution in [2.75, 3.05) is 4.90 Å². The molecule has 4 rings (SSSR count). The van der Waals surface area contributed by atoms with Crippen LogP contribution in [0.15, 0.2) is 88.9 Å². The molecule has 7 heteroatoms. The highest BCUT2D eigenvalue weighted by Gasteiger charge is 2.20. The lowest BCUT2D eigenvalue weighted by atomic mass is 10.1. The van der Waals surface area contributed by atoms with Gasteiger partial charge in [-0.15, -0.1) is 11.3 Å². The fraction of sp³-hybridized carbons (Fsp3) is 0.120. The van der Waals surface area contributed by atoms with Gasteiger partial charge in [0.25, 0.3) is 5.91 Å². The van der Waals surface area contributed by atoms with Crippen LogP contribution >= 0.6 is 11.3 Å². The third-order valence-corrected chi connectivity index (χ3v) is 5.72. The molecule has 2 aromatic carbocycles. The zero-order chi connectivity index (χ0) is 22.3. The van der Waals surface area contributed by atoms with Crippen LogP contribution in [0.5, 0.6) is 0 Å². The van der Waals surface area contributed by atoms with E-state index in [2.05, 4.69) is 5.32 Å². The van der Waals surface area contributed by atoms with E-state index in [4.69, 9.17) is 4.42 Å². The fourth-order valence-electron chi connectivity index (χ4n) is 3.27. The Morgan fingerprint density at radius 1 is 0.969 bits per heavy atom. The summed E-state index contributed by atoms with van der Waals surface area (Å²) in [5, 5.41) is 4.68. The zero-order valence-corrected chi connectivity index (χ0v) is 18.0. The number of hydrogen-bond donors (Lipinski definition) is 1. The summed E-state index contributed by atoms with van der Waals surface area (Å²) in [5.41, 5.74) is 2.25. The van der Waals surface area contributed by atoms with Gasteiger partial charge in [-0.3, -0.25) is 9.59 Å². The van der Waals surface area contributed by atoms with E-state index in [0.29, 0.717) is 22.9 Å². The molecule has 162 valence electrons. The molecule has 2 heterocycles. The van der Waals surface area contributed by atoms with Crippen LogP contribution in [0.25, 0.3) is 0 Å². The van der Waals surface area contributed by atoms with Gasteiger partial charge in [0.15, 0.2) is 0 Å². The minimum Gasteiger partial charge on any atom is -0.467 e. The largest absolute Gasteiger partial charge is 0.467 e. The summed E-state index contributed by atoms with van der Waals surface area (Å²) in [4.78, 5) is 27.8. The molecule has 4 aromatic rings. The minimum atomic E-state index is -0.326. The average molecular weight is 449 g/mol. The van der Waals surface area contributed by atoms with E-state index in [1.165, 1.54) is 23.5 Å². The quantitative estimate of drug-likeness (QED) is 0.404. The summed E-state index contributed by atoms with van der Waals surface area (Å²) >= 11 is 1.36. The summed E-state index contributed by atoms with van der Waals surface area (Å²) in [5.74, 6) is 0.0588. The lowest BCUT2D eigenvalue weighted by Crippen LogP contribution is -2.30. The van der Waals surface area contributed by atoms with Gasteiger partial charge in [-0.25, -0.2) is 4.39 Å². The summed E-state index contributed by atoms with van der Waals surface area (Å²) in [6.45, 7) is 0.601. The van der Waals surface area contributed by atoms with Crippen LogP contribution in [0.2, 0.25) is 0 Å². The summed E-state index contributed by atoms with van der Waals surface area (Å²) < 4.78 is 18.6. The highest BCUT2D eigenvalue weighted by Crippen LogP contribution is 2.24. The maximum absolute atomic E-state index is 13.3. The molecule has 0 saturated carbocycles. The maximum atomic E-state index is 13.3. The number of rotatable bonds is 8. The van der Waals surface area contributed by atoms with E-state index < -0.39 is 0 Å².